The molecule has 2 heterocycles. The monoisotopic (exact) mass is 308 g/mol. The lowest BCUT2D eigenvalue weighted by atomic mass is 10.1. The summed E-state index contributed by atoms with van der Waals surface area (Å²) in [6.45, 7) is 8.19. The summed E-state index contributed by atoms with van der Waals surface area (Å²) in [5.74, 6) is 0.836. The van der Waals surface area contributed by atoms with Crippen molar-refractivity contribution in [2.75, 3.05) is 13.7 Å². The number of hydrogen-bond acceptors (Lipinski definition) is 5. The van der Waals surface area contributed by atoms with E-state index in [0.717, 1.165) is 42.4 Å². The zero-order valence-corrected chi connectivity index (χ0v) is 14.0. The molecule has 2 aromatic heterocycles. The van der Waals surface area contributed by atoms with Gasteiger partial charge in [-0.05, 0) is 26.3 Å². The number of methoxy groups -OCH3 is 1. The van der Waals surface area contributed by atoms with Crippen LogP contribution in [0.15, 0.2) is 12.4 Å². The predicted molar refractivity (Wildman–Crippen MR) is 86.1 cm³/mol. The third-order valence-corrected chi connectivity index (χ3v) is 4.27. The molecular formula is C15H24N4OS. The second kappa shape index (κ2) is 7.56. The van der Waals surface area contributed by atoms with Crippen LogP contribution in [-0.4, -0.2) is 28.4 Å². The molecule has 0 amide bonds. The van der Waals surface area contributed by atoms with E-state index >= 15 is 0 Å². The quantitative estimate of drug-likeness (QED) is 0.814. The number of aromatic nitrogens is 3. The lowest BCUT2D eigenvalue weighted by Gasteiger charge is -2.19. The Morgan fingerprint density at radius 2 is 2.14 bits per heavy atom. The van der Waals surface area contributed by atoms with Crippen molar-refractivity contribution in [3.63, 3.8) is 0 Å². The normalized spacial score (nSPS) is 12.6. The lowest BCUT2D eigenvalue weighted by Crippen LogP contribution is -2.25. The lowest BCUT2D eigenvalue weighted by molar-refractivity contribution is 0.398. The molecule has 0 aliphatic carbocycles. The summed E-state index contributed by atoms with van der Waals surface area (Å²) in [5, 5.41) is 9.16. The summed E-state index contributed by atoms with van der Waals surface area (Å²) in [6, 6.07) is 0.0835. The molecule has 21 heavy (non-hydrogen) atoms. The number of nitrogens with one attached hydrogen (secondary N) is 1. The van der Waals surface area contributed by atoms with Gasteiger partial charge >= 0.3 is 0 Å². The molecule has 116 valence electrons. The fourth-order valence-electron chi connectivity index (χ4n) is 2.35. The minimum atomic E-state index is 0.0835. The van der Waals surface area contributed by atoms with Crippen LogP contribution in [0.25, 0.3) is 0 Å². The Morgan fingerprint density at radius 3 is 2.71 bits per heavy atom. The molecule has 0 saturated carbocycles. The molecule has 5 nitrogen and oxygen atoms in total. The molecular weight excluding hydrogens is 284 g/mol. The third-order valence-electron chi connectivity index (χ3n) is 3.30. The summed E-state index contributed by atoms with van der Waals surface area (Å²) < 4.78 is 7.57. The standard InChI is InChI=1S/C15H24N4OS/c1-5-7-16-14(13-10-17-11(3)21-13)15-12(20-4)9-18-19(15)8-6-2/h9-10,14,16H,5-8H2,1-4H3. The minimum Gasteiger partial charge on any atom is -0.493 e. The number of ether oxygens (including phenoxy) is 1. The van der Waals surface area contributed by atoms with E-state index in [4.69, 9.17) is 4.74 Å². The van der Waals surface area contributed by atoms with E-state index in [9.17, 15) is 0 Å². The molecule has 0 fully saturated rings. The first-order valence-electron chi connectivity index (χ1n) is 7.46. The Morgan fingerprint density at radius 1 is 1.33 bits per heavy atom. The Kier molecular flexibility index (Phi) is 5.76. The first kappa shape index (κ1) is 16.0. The first-order chi connectivity index (χ1) is 10.2. The number of thiazole rings is 1. The Bertz CT molecular complexity index is 564. The van der Waals surface area contributed by atoms with Crippen LogP contribution in [0, 0.1) is 6.92 Å². The van der Waals surface area contributed by atoms with Crippen LogP contribution >= 0.6 is 11.3 Å². The van der Waals surface area contributed by atoms with Crippen molar-refractivity contribution in [1.82, 2.24) is 20.1 Å². The van der Waals surface area contributed by atoms with Crippen LogP contribution in [0.1, 0.15) is 48.3 Å². The predicted octanol–water partition coefficient (Wildman–Crippen LogP) is 3.16. The van der Waals surface area contributed by atoms with Gasteiger partial charge < -0.3 is 10.1 Å². The summed E-state index contributed by atoms with van der Waals surface area (Å²) in [5.41, 5.74) is 1.09. The van der Waals surface area contributed by atoms with Crippen molar-refractivity contribution < 1.29 is 4.74 Å². The van der Waals surface area contributed by atoms with Gasteiger partial charge in [-0.25, -0.2) is 4.98 Å². The summed E-state index contributed by atoms with van der Waals surface area (Å²) in [4.78, 5) is 5.60. The van der Waals surface area contributed by atoms with Gasteiger partial charge in [-0.3, -0.25) is 4.68 Å². The topological polar surface area (TPSA) is 52.0 Å². The Balaban J connectivity index is 2.42. The second-order valence-electron chi connectivity index (χ2n) is 4.99. The Labute approximate surface area is 130 Å². The van der Waals surface area contributed by atoms with E-state index in [1.54, 1.807) is 24.6 Å². The number of hydrogen-bond donors (Lipinski definition) is 1. The van der Waals surface area contributed by atoms with Gasteiger partial charge in [0.05, 0.1) is 24.4 Å². The van der Waals surface area contributed by atoms with E-state index in [1.807, 2.05) is 17.8 Å². The molecule has 0 saturated heterocycles. The van der Waals surface area contributed by atoms with E-state index in [0.29, 0.717) is 0 Å². The van der Waals surface area contributed by atoms with Crippen LogP contribution in [0.5, 0.6) is 5.75 Å². The van der Waals surface area contributed by atoms with Crippen molar-refractivity contribution >= 4 is 11.3 Å². The van der Waals surface area contributed by atoms with Gasteiger partial charge in [0.15, 0.2) is 5.75 Å². The number of aryl methyl sites for hydroxylation is 2. The van der Waals surface area contributed by atoms with Gasteiger partial charge in [0.25, 0.3) is 0 Å². The van der Waals surface area contributed by atoms with E-state index in [-0.39, 0.29) is 6.04 Å². The maximum Gasteiger partial charge on any atom is 0.161 e. The van der Waals surface area contributed by atoms with E-state index in [2.05, 4.69) is 29.2 Å². The molecule has 1 atom stereocenters. The maximum absolute atomic E-state index is 5.52. The number of nitrogens with zero attached hydrogens (tertiary/aromatic N) is 3. The van der Waals surface area contributed by atoms with E-state index < -0.39 is 0 Å². The van der Waals surface area contributed by atoms with Crippen molar-refractivity contribution in [1.29, 1.82) is 0 Å². The first-order valence-corrected chi connectivity index (χ1v) is 8.28. The zero-order chi connectivity index (χ0) is 15.2. The molecule has 2 aromatic rings. The molecule has 0 aliphatic rings. The Hall–Kier alpha value is -1.40. The van der Waals surface area contributed by atoms with E-state index in [1.165, 1.54) is 4.88 Å². The highest BCUT2D eigenvalue weighted by molar-refractivity contribution is 7.11. The SMILES string of the molecule is CCCNC(c1cnc(C)s1)c1c(OC)cnn1CCC. The summed E-state index contributed by atoms with van der Waals surface area (Å²) in [7, 11) is 1.70. The van der Waals surface area contributed by atoms with Gasteiger partial charge in [-0.1, -0.05) is 13.8 Å². The largest absolute Gasteiger partial charge is 0.493 e. The molecule has 0 spiro atoms. The van der Waals surface area contributed by atoms with Crippen LogP contribution in [0.4, 0.5) is 0 Å². The maximum atomic E-state index is 5.52. The van der Waals surface area contributed by atoms with Crippen LogP contribution in [-0.2, 0) is 6.54 Å². The minimum absolute atomic E-state index is 0.0835. The highest BCUT2D eigenvalue weighted by atomic mass is 32.1. The van der Waals surface area contributed by atoms with Gasteiger partial charge in [-0.15, -0.1) is 11.3 Å². The van der Waals surface area contributed by atoms with Crippen molar-refractivity contribution in [3.8, 4) is 5.75 Å². The number of rotatable bonds is 8. The van der Waals surface area contributed by atoms with Crippen molar-refractivity contribution in [2.45, 2.75) is 46.2 Å². The summed E-state index contributed by atoms with van der Waals surface area (Å²) in [6.07, 6.45) is 5.88. The van der Waals surface area contributed by atoms with Crippen LogP contribution in [0.2, 0.25) is 0 Å². The fourth-order valence-corrected chi connectivity index (χ4v) is 3.21. The average Bonchev–Trinajstić information content (AvgIpc) is 3.07. The molecule has 0 bridgehead atoms. The van der Waals surface area contributed by atoms with Crippen molar-refractivity contribution in [3.05, 3.63) is 28.0 Å². The molecule has 2 rings (SSSR count). The second-order valence-corrected chi connectivity index (χ2v) is 6.26. The fraction of sp³-hybridized carbons (Fsp3) is 0.600. The van der Waals surface area contributed by atoms with Gasteiger partial charge in [-0.2, -0.15) is 5.10 Å². The molecule has 0 aliphatic heterocycles. The smallest absolute Gasteiger partial charge is 0.161 e. The molecule has 0 aromatic carbocycles. The van der Waals surface area contributed by atoms with Crippen molar-refractivity contribution in [2.24, 2.45) is 0 Å². The summed E-state index contributed by atoms with van der Waals surface area (Å²) >= 11 is 1.72. The van der Waals surface area contributed by atoms with Gasteiger partial charge in [0.1, 0.15) is 5.69 Å². The molecule has 6 heteroatoms. The highest BCUT2D eigenvalue weighted by Crippen LogP contribution is 2.32. The zero-order valence-electron chi connectivity index (χ0n) is 13.2. The molecule has 1 unspecified atom stereocenters. The van der Waals surface area contributed by atoms with Crippen LogP contribution in [0.3, 0.4) is 0 Å². The highest BCUT2D eigenvalue weighted by Gasteiger charge is 2.24. The molecule has 1 N–H and O–H groups in total. The third kappa shape index (κ3) is 3.63. The average molecular weight is 308 g/mol. The molecule has 0 radical (unpaired) electrons. The van der Waals surface area contributed by atoms with Crippen LogP contribution < -0.4 is 10.1 Å². The van der Waals surface area contributed by atoms with Gasteiger partial charge in [0.2, 0.25) is 0 Å². The van der Waals surface area contributed by atoms with Gasteiger partial charge in [0, 0.05) is 17.6 Å².